The topological polar surface area (TPSA) is 33.5 Å². The van der Waals surface area contributed by atoms with Gasteiger partial charge in [-0.2, -0.15) is 0 Å². The fourth-order valence-corrected chi connectivity index (χ4v) is 3.68. The molecule has 0 fully saturated rings. The Labute approximate surface area is 129 Å². The van der Waals surface area contributed by atoms with Crippen LogP contribution in [-0.4, -0.2) is 17.7 Å². The zero-order chi connectivity index (χ0) is 14.7. The molecule has 110 valence electrons. The van der Waals surface area contributed by atoms with Crippen molar-refractivity contribution < 1.29 is 9.21 Å². The number of hydrogen-bond acceptors (Lipinski definition) is 3. The quantitative estimate of drug-likeness (QED) is 0.854. The molecular formula is C17H19NO2S. The third-order valence-electron chi connectivity index (χ3n) is 3.71. The number of hydrogen-bond donors (Lipinski definition) is 0. The third kappa shape index (κ3) is 3.32. The van der Waals surface area contributed by atoms with Crippen LogP contribution in [0, 0.1) is 0 Å². The van der Waals surface area contributed by atoms with Gasteiger partial charge in [0.1, 0.15) is 5.76 Å². The minimum absolute atomic E-state index is 0.175. The summed E-state index contributed by atoms with van der Waals surface area (Å²) in [7, 11) is 0. The van der Waals surface area contributed by atoms with Crippen molar-refractivity contribution in [1.29, 1.82) is 0 Å². The number of thioether (sulfide) groups is 1. The summed E-state index contributed by atoms with van der Waals surface area (Å²) >= 11 is 1.86. The number of carbonyl (C=O) groups excluding carboxylic acids is 1. The third-order valence-corrected chi connectivity index (χ3v) is 4.95. The molecule has 3 rings (SSSR count). The van der Waals surface area contributed by atoms with E-state index in [1.807, 2.05) is 47.0 Å². The fourth-order valence-electron chi connectivity index (χ4n) is 2.57. The summed E-state index contributed by atoms with van der Waals surface area (Å²) in [5, 5.41) is 0.536. The van der Waals surface area contributed by atoms with E-state index in [1.165, 1.54) is 4.90 Å². The van der Waals surface area contributed by atoms with Gasteiger partial charge in [0.15, 0.2) is 0 Å². The minimum Gasteiger partial charge on any atom is -0.469 e. The lowest BCUT2D eigenvalue weighted by Crippen LogP contribution is -2.32. The van der Waals surface area contributed by atoms with Gasteiger partial charge in [-0.3, -0.25) is 4.79 Å². The molecular weight excluding hydrogens is 282 g/mol. The number of furan rings is 1. The summed E-state index contributed by atoms with van der Waals surface area (Å²) in [6, 6.07) is 12.0. The summed E-state index contributed by atoms with van der Waals surface area (Å²) in [6.07, 6.45) is 3.82. The van der Waals surface area contributed by atoms with Gasteiger partial charge in [-0.15, -0.1) is 11.8 Å². The van der Waals surface area contributed by atoms with Gasteiger partial charge in [-0.05, 0) is 30.7 Å². The Balaban J connectivity index is 1.76. The molecule has 1 aliphatic heterocycles. The summed E-state index contributed by atoms with van der Waals surface area (Å²) in [5.74, 6) is 1.04. The first-order valence-corrected chi connectivity index (χ1v) is 8.20. The predicted molar refractivity (Wildman–Crippen MR) is 85.8 cm³/mol. The molecule has 1 unspecified atom stereocenters. The van der Waals surface area contributed by atoms with E-state index in [9.17, 15) is 4.79 Å². The largest absolute Gasteiger partial charge is 0.469 e. The Morgan fingerprint density at radius 3 is 3.00 bits per heavy atom. The highest BCUT2D eigenvalue weighted by molar-refractivity contribution is 8.00. The number of anilines is 1. The molecule has 0 spiro atoms. The Kier molecular flexibility index (Phi) is 4.34. The highest BCUT2D eigenvalue weighted by Crippen LogP contribution is 2.37. The summed E-state index contributed by atoms with van der Waals surface area (Å²) in [6.45, 7) is 3.01. The van der Waals surface area contributed by atoms with Crippen LogP contribution < -0.4 is 4.90 Å². The van der Waals surface area contributed by atoms with Crippen LogP contribution in [0.5, 0.6) is 0 Å². The van der Waals surface area contributed by atoms with Crippen LogP contribution in [0.1, 0.15) is 25.5 Å². The Hall–Kier alpha value is -1.68. The number of nitrogens with zero attached hydrogens (tertiary/aromatic N) is 1. The SMILES string of the molecule is CC1CCN(C(=O)CCc2ccco2)c2ccccc2S1. The first-order chi connectivity index (χ1) is 10.2. The molecule has 2 aromatic rings. The van der Waals surface area contributed by atoms with Crippen molar-refractivity contribution in [3.05, 3.63) is 48.4 Å². The standard InChI is InChI=1S/C17H19NO2S/c1-13-10-11-18(15-6-2-3-7-16(15)21-13)17(19)9-8-14-5-4-12-20-14/h2-7,12-13H,8-11H2,1H3. The Bertz CT molecular complexity index is 609. The Morgan fingerprint density at radius 1 is 1.33 bits per heavy atom. The molecule has 2 heterocycles. The van der Waals surface area contributed by atoms with Crippen molar-refractivity contribution in [3.8, 4) is 0 Å². The number of aryl methyl sites for hydroxylation is 1. The van der Waals surface area contributed by atoms with Crippen molar-refractivity contribution in [3.63, 3.8) is 0 Å². The maximum absolute atomic E-state index is 12.6. The molecule has 0 aliphatic carbocycles. The van der Waals surface area contributed by atoms with Crippen LogP contribution in [0.3, 0.4) is 0 Å². The van der Waals surface area contributed by atoms with Crippen molar-refractivity contribution in [2.45, 2.75) is 36.3 Å². The summed E-state index contributed by atoms with van der Waals surface area (Å²) in [5.41, 5.74) is 1.05. The lowest BCUT2D eigenvalue weighted by molar-refractivity contribution is -0.118. The molecule has 1 aromatic carbocycles. The number of amides is 1. The Morgan fingerprint density at radius 2 is 2.19 bits per heavy atom. The number of para-hydroxylation sites is 1. The van der Waals surface area contributed by atoms with Crippen LogP contribution >= 0.6 is 11.8 Å². The van der Waals surface area contributed by atoms with Gasteiger partial charge >= 0.3 is 0 Å². The first kappa shape index (κ1) is 14.3. The molecule has 0 bridgehead atoms. The number of carbonyl (C=O) groups is 1. The van der Waals surface area contributed by atoms with Gasteiger partial charge in [-0.1, -0.05) is 19.1 Å². The number of rotatable bonds is 3. The molecule has 0 saturated carbocycles. The van der Waals surface area contributed by atoms with E-state index < -0.39 is 0 Å². The molecule has 0 N–H and O–H groups in total. The van der Waals surface area contributed by atoms with Crippen LogP contribution in [-0.2, 0) is 11.2 Å². The zero-order valence-electron chi connectivity index (χ0n) is 12.1. The monoisotopic (exact) mass is 301 g/mol. The van der Waals surface area contributed by atoms with E-state index in [0.29, 0.717) is 18.1 Å². The highest BCUT2D eigenvalue weighted by Gasteiger charge is 2.23. The molecule has 1 amide bonds. The van der Waals surface area contributed by atoms with Gasteiger partial charge in [0, 0.05) is 29.5 Å². The van der Waals surface area contributed by atoms with E-state index in [0.717, 1.165) is 24.4 Å². The van der Waals surface area contributed by atoms with Gasteiger partial charge in [0.2, 0.25) is 5.91 Å². The molecule has 21 heavy (non-hydrogen) atoms. The number of benzene rings is 1. The average molecular weight is 301 g/mol. The van der Waals surface area contributed by atoms with Crippen LogP contribution in [0.4, 0.5) is 5.69 Å². The van der Waals surface area contributed by atoms with E-state index in [-0.39, 0.29) is 5.91 Å². The molecule has 1 atom stereocenters. The zero-order valence-corrected chi connectivity index (χ0v) is 12.9. The predicted octanol–water partition coefficient (Wildman–Crippen LogP) is 4.13. The van der Waals surface area contributed by atoms with E-state index in [2.05, 4.69) is 13.0 Å². The van der Waals surface area contributed by atoms with Crippen molar-refractivity contribution in [1.82, 2.24) is 0 Å². The first-order valence-electron chi connectivity index (χ1n) is 7.32. The molecule has 0 saturated heterocycles. The molecule has 3 nitrogen and oxygen atoms in total. The molecule has 1 aromatic heterocycles. The normalized spacial score (nSPS) is 18.1. The maximum atomic E-state index is 12.6. The van der Waals surface area contributed by atoms with Gasteiger partial charge in [0.25, 0.3) is 0 Å². The van der Waals surface area contributed by atoms with Crippen LogP contribution in [0.25, 0.3) is 0 Å². The lowest BCUT2D eigenvalue weighted by atomic mass is 10.2. The number of fused-ring (bicyclic) bond motifs is 1. The second kappa shape index (κ2) is 6.39. The van der Waals surface area contributed by atoms with Crippen molar-refractivity contribution in [2.24, 2.45) is 0 Å². The second-order valence-electron chi connectivity index (χ2n) is 5.31. The summed E-state index contributed by atoms with van der Waals surface area (Å²) < 4.78 is 5.31. The van der Waals surface area contributed by atoms with Crippen molar-refractivity contribution >= 4 is 23.4 Å². The van der Waals surface area contributed by atoms with E-state index >= 15 is 0 Å². The van der Waals surface area contributed by atoms with Gasteiger partial charge < -0.3 is 9.32 Å². The van der Waals surface area contributed by atoms with E-state index in [4.69, 9.17) is 4.42 Å². The van der Waals surface area contributed by atoms with Crippen molar-refractivity contribution in [2.75, 3.05) is 11.4 Å². The van der Waals surface area contributed by atoms with Gasteiger partial charge in [0.05, 0.1) is 12.0 Å². The van der Waals surface area contributed by atoms with Gasteiger partial charge in [-0.25, -0.2) is 0 Å². The van der Waals surface area contributed by atoms with Crippen LogP contribution in [0.2, 0.25) is 0 Å². The maximum Gasteiger partial charge on any atom is 0.227 e. The van der Waals surface area contributed by atoms with Crippen LogP contribution in [0.15, 0.2) is 52.0 Å². The average Bonchev–Trinajstić information content (AvgIpc) is 2.94. The highest BCUT2D eigenvalue weighted by atomic mass is 32.2. The van der Waals surface area contributed by atoms with E-state index in [1.54, 1.807) is 6.26 Å². The molecule has 1 aliphatic rings. The fraction of sp³-hybridized carbons (Fsp3) is 0.353. The minimum atomic E-state index is 0.175. The smallest absolute Gasteiger partial charge is 0.227 e. The lowest BCUT2D eigenvalue weighted by Gasteiger charge is -2.22. The molecule has 0 radical (unpaired) electrons. The second-order valence-corrected chi connectivity index (χ2v) is 6.79. The molecule has 4 heteroatoms. The summed E-state index contributed by atoms with van der Waals surface area (Å²) in [4.78, 5) is 15.7.